The average Bonchev–Trinajstić information content (AvgIpc) is 2.87. The summed E-state index contributed by atoms with van der Waals surface area (Å²) in [6.07, 6.45) is 5.08. The van der Waals surface area contributed by atoms with Gasteiger partial charge in [0.25, 0.3) is 0 Å². The number of hydrogen-bond donors (Lipinski definition) is 6. The number of unbranched alkanes of at least 4 members (excludes halogenated alkanes) is 3. The molecule has 1 aromatic carbocycles. The molecule has 10 nitrogen and oxygen atoms in total. The van der Waals surface area contributed by atoms with Gasteiger partial charge >= 0.3 is 7.12 Å². The second kappa shape index (κ2) is 18.3. The Kier molecular flexibility index (Phi) is 15.9. The molecule has 0 radical (unpaired) electrons. The van der Waals surface area contributed by atoms with E-state index in [1.165, 1.54) is 0 Å². The van der Waals surface area contributed by atoms with E-state index in [1.807, 2.05) is 44.2 Å². The van der Waals surface area contributed by atoms with Gasteiger partial charge in [-0.3, -0.25) is 19.4 Å². The lowest BCUT2D eigenvalue weighted by molar-refractivity contribution is -0.129. The standard InChI is InChI=1S/C26H44BN5O5/c1-19(2)18-23(27(36)37)32-25(35)21(14-11-17-30-26(28)29-3)31-24(34)16-10-5-4-9-15-22(33)20-12-7-6-8-13-20/h6-8,12-13,19,21,23,36-37H,4-5,9-11,14-18H2,1-3H3,(H,31,34)(H,32,35)(H3,28,29,30)/t21-,23-/m0/s1. The fraction of sp³-hybridized carbons (Fsp3) is 0.615. The van der Waals surface area contributed by atoms with E-state index in [4.69, 9.17) is 5.73 Å². The maximum Gasteiger partial charge on any atom is 0.475 e. The van der Waals surface area contributed by atoms with Gasteiger partial charge in [-0.2, -0.15) is 0 Å². The number of carbonyl (C=O) groups is 3. The molecule has 0 fully saturated rings. The molecule has 0 bridgehead atoms. The van der Waals surface area contributed by atoms with E-state index < -0.39 is 25.0 Å². The van der Waals surface area contributed by atoms with Crippen molar-refractivity contribution >= 4 is 30.7 Å². The van der Waals surface area contributed by atoms with Crippen molar-refractivity contribution in [2.24, 2.45) is 16.6 Å². The summed E-state index contributed by atoms with van der Waals surface area (Å²) in [5, 5.41) is 27.7. The number of nitrogens with two attached hydrogens (primary N) is 1. The van der Waals surface area contributed by atoms with E-state index in [0.717, 1.165) is 24.8 Å². The predicted octanol–water partition coefficient (Wildman–Crippen LogP) is 1.55. The van der Waals surface area contributed by atoms with Crippen LogP contribution in [0.4, 0.5) is 0 Å². The van der Waals surface area contributed by atoms with E-state index in [1.54, 1.807) is 7.05 Å². The fourth-order valence-electron chi connectivity index (χ4n) is 3.88. The Morgan fingerprint density at radius 2 is 1.62 bits per heavy atom. The van der Waals surface area contributed by atoms with Gasteiger partial charge in [-0.1, -0.05) is 57.0 Å². The highest BCUT2D eigenvalue weighted by molar-refractivity contribution is 6.43. The van der Waals surface area contributed by atoms with E-state index in [2.05, 4.69) is 20.9 Å². The first-order valence-electron chi connectivity index (χ1n) is 13.1. The van der Waals surface area contributed by atoms with Crippen LogP contribution >= 0.6 is 0 Å². The molecule has 0 saturated carbocycles. The number of hydrogen-bond acceptors (Lipinski definition) is 6. The van der Waals surface area contributed by atoms with Crippen LogP contribution in [0.2, 0.25) is 0 Å². The Hall–Kier alpha value is -2.92. The fourth-order valence-corrected chi connectivity index (χ4v) is 3.88. The quantitative estimate of drug-likeness (QED) is 0.0565. The third-order valence-corrected chi connectivity index (χ3v) is 5.93. The van der Waals surface area contributed by atoms with Gasteiger partial charge in [-0.15, -0.1) is 0 Å². The van der Waals surface area contributed by atoms with Crippen LogP contribution in [0.3, 0.4) is 0 Å². The Morgan fingerprint density at radius 1 is 0.973 bits per heavy atom. The molecular weight excluding hydrogens is 473 g/mol. The van der Waals surface area contributed by atoms with Gasteiger partial charge in [0, 0.05) is 32.0 Å². The van der Waals surface area contributed by atoms with Crippen molar-refractivity contribution in [3.05, 3.63) is 35.9 Å². The molecule has 0 spiro atoms. The minimum absolute atomic E-state index is 0.123. The maximum absolute atomic E-state index is 12.9. The average molecular weight is 517 g/mol. The molecule has 7 N–H and O–H groups in total. The molecule has 2 amide bonds. The Balaban J connectivity index is 2.51. The van der Waals surface area contributed by atoms with Gasteiger partial charge in [-0.25, -0.2) is 0 Å². The lowest BCUT2D eigenvalue weighted by Gasteiger charge is -2.24. The summed E-state index contributed by atoms with van der Waals surface area (Å²) in [5.74, 6) is -0.972. The summed E-state index contributed by atoms with van der Waals surface area (Å²) in [5.41, 5.74) is 6.35. The zero-order valence-electron chi connectivity index (χ0n) is 22.4. The minimum atomic E-state index is -1.70. The Morgan fingerprint density at radius 3 is 2.22 bits per heavy atom. The number of guanidine groups is 1. The smallest absolute Gasteiger partial charge is 0.426 e. The van der Waals surface area contributed by atoms with Gasteiger partial charge in [0.15, 0.2) is 11.7 Å². The summed E-state index contributed by atoms with van der Waals surface area (Å²) < 4.78 is 0. The number of aliphatic imine (C=N–C) groups is 1. The molecule has 2 atom stereocenters. The molecule has 1 aromatic rings. The maximum atomic E-state index is 12.9. The third-order valence-electron chi connectivity index (χ3n) is 5.93. The van der Waals surface area contributed by atoms with E-state index in [-0.39, 0.29) is 30.0 Å². The Bertz CT molecular complexity index is 851. The summed E-state index contributed by atoms with van der Waals surface area (Å²) in [7, 11) is -0.131. The van der Waals surface area contributed by atoms with Gasteiger partial charge < -0.3 is 31.7 Å². The van der Waals surface area contributed by atoms with Crippen LogP contribution in [0.1, 0.15) is 82.0 Å². The molecule has 0 heterocycles. The largest absolute Gasteiger partial charge is 0.475 e. The van der Waals surface area contributed by atoms with Crippen LogP contribution in [-0.2, 0) is 9.59 Å². The van der Waals surface area contributed by atoms with Crippen molar-refractivity contribution in [2.75, 3.05) is 13.6 Å². The monoisotopic (exact) mass is 517 g/mol. The van der Waals surface area contributed by atoms with Crippen LogP contribution in [0.15, 0.2) is 35.3 Å². The van der Waals surface area contributed by atoms with Gasteiger partial charge in [0.05, 0.1) is 5.94 Å². The highest BCUT2D eigenvalue weighted by Crippen LogP contribution is 2.11. The molecule has 206 valence electrons. The molecular formula is C26H44BN5O5. The summed E-state index contributed by atoms with van der Waals surface area (Å²) in [6.45, 7) is 4.32. The molecule has 0 aliphatic rings. The first-order chi connectivity index (χ1) is 17.6. The zero-order chi connectivity index (χ0) is 27.6. The van der Waals surface area contributed by atoms with Crippen LogP contribution < -0.4 is 21.7 Å². The number of nitrogens with one attached hydrogen (secondary N) is 3. The van der Waals surface area contributed by atoms with E-state index in [9.17, 15) is 24.4 Å². The number of ketones is 1. The SMILES string of the molecule is CN=C(N)NCCC[C@H](NC(=O)CCCCCCC(=O)c1ccccc1)C(=O)N[C@@H](CC(C)C)B(O)O. The van der Waals surface area contributed by atoms with Crippen molar-refractivity contribution in [3.63, 3.8) is 0 Å². The number of Topliss-reactive ketones (excluding diaryl/α,β-unsaturated/α-hetero) is 1. The molecule has 0 unspecified atom stereocenters. The highest BCUT2D eigenvalue weighted by Gasteiger charge is 2.29. The Labute approximate surface area is 221 Å². The van der Waals surface area contributed by atoms with E-state index in [0.29, 0.717) is 38.6 Å². The summed E-state index contributed by atoms with van der Waals surface area (Å²) >= 11 is 0. The highest BCUT2D eigenvalue weighted by atomic mass is 16.4. The van der Waals surface area contributed by atoms with Crippen LogP contribution in [0.5, 0.6) is 0 Å². The molecule has 0 saturated heterocycles. The lowest BCUT2D eigenvalue weighted by Crippen LogP contribution is -2.54. The van der Waals surface area contributed by atoms with Crippen LogP contribution in [0.25, 0.3) is 0 Å². The second-order valence-electron chi connectivity index (χ2n) is 9.66. The number of amides is 2. The number of rotatable bonds is 18. The predicted molar refractivity (Wildman–Crippen MR) is 147 cm³/mol. The molecule has 11 heteroatoms. The van der Waals surface area contributed by atoms with Crippen molar-refractivity contribution in [1.29, 1.82) is 0 Å². The molecule has 0 aliphatic carbocycles. The molecule has 1 rings (SSSR count). The van der Waals surface area contributed by atoms with Gasteiger partial charge in [0.1, 0.15) is 6.04 Å². The van der Waals surface area contributed by atoms with Crippen LogP contribution in [0, 0.1) is 5.92 Å². The topological polar surface area (TPSA) is 166 Å². The number of benzene rings is 1. The van der Waals surface area contributed by atoms with Crippen molar-refractivity contribution in [2.45, 2.75) is 83.6 Å². The van der Waals surface area contributed by atoms with E-state index >= 15 is 0 Å². The molecule has 37 heavy (non-hydrogen) atoms. The summed E-state index contributed by atoms with van der Waals surface area (Å²) in [6, 6.07) is 8.39. The molecule has 0 aromatic heterocycles. The molecule has 0 aliphatic heterocycles. The minimum Gasteiger partial charge on any atom is -0.426 e. The van der Waals surface area contributed by atoms with Gasteiger partial charge in [-0.05, 0) is 38.0 Å². The lowest BCUT2D eigenvalue weighted by atomic mass is 9.75. The number of carbonyl (C=O) groups excluding carboxylic acids is 3. The van der Waals surface area contributed by atoms with Crippen LogP contribution in [-0.4, -0.2) is 66.3 Å². The summed E-state index contributed by atoms with van der Waals surface area (Å²) in [4.78, 5) is 41.5. The zero-order valence-corrected chi connectivity index (χ0v) is 22.4. The van der Waals surface area contributed by atoms with Crippen molar-refractivity contribution in [1.82, 2.24) is 16.0 Å². The first kappa shape index (κ1) is 32.1. The first-order valence-corrected chi connectivity index (χ1v) is 13.1. The van der Waals surface area contributed by atoms with Crippen molar-refractivity contribution in [3.8, 4) is 0 Å². The number of nitrogens with zero attached hydrogens (tertiary/aromatic N) is 1. The van der Waals surface area contributed by atoms with Crippen molar-refractivity contribution < 1.29 is 24.4 Å². The second-order valence-corrected chi connectivity index (χ2v) is 9.66. The van der Waals surface area contributed by atoms with Gasteiger partial charge in [0.2, 0.25) is 11.8 Å². The third kappa shape index (κ3) is 14.4. The normalized spacial score (nSPS) is 13.1.